The Hall–Kier alpha value is -2.69. The largest absolute Gasteiger partial charge is 0.486 e. The fraction of sp³-hybridized carbons (Fsp3) is 0.435. The predicted molar refractivity (Wildman–Crippen MR) is 118 cm³/mol. The number of sulfonamides is 1. The smallest absolute Gasteiger partial charge is 0.243 e. The highest BCUT2D eigenvalue weighted by molar-refractivity contribution is 7.89. The minimum Gasteiger partial charge on any atom is -0.486 e. The van der Waals surface area contributed by atoms with E-state index in [0.29, 0.717) is 43.4 Å². The number of hydrogen-bond donors (Lipinski definition) is 0. The van der Waals surface area contributed by atoms with Crippen LogP contribution >= 0.6 is 0 Å². The summed E-state index contributed by atoms with van der Waals surface area (Å²) in [6.45, 7) is 4.79. The number of benzene rings is 2. The molecule has 2 aliphatic rings. The van der Waals surface area contributed by atoms with E-state index in [4.69, 9.17) is 14.2 Å². The van der Waals surface area contributed by atoms with E-state index in [2.05, 4.69) is 0 Å². The van der Waals surface area contributed by atoms with Crippen LogP contribution in [-0.2, 0) is 26.1 Å². The van der Waals surface area contributed by atoms with Crippen LogP contribution in [0.2, 0.25) is 0 Å². The Balaban J connectivity index is 1.62. The number of carbonyl (C=O) groups is 1. The van der Waals surface area contributed by atoms with Crippen LogP contribution in [0.3, 0.4) is 0 Å². The highest BCUT2D eigenvalue weighted by Crippen LogP contribution is 2.33. The van der Waals surface area contributed by atoms with E-state index in [-0.39, 0.29) is 36.1 Å². The van der Waals surface area contributed by atoms with E-state index < -0.39 is 15.8 Å². The highest BCUT2D eigenvalue weighted by atomic mass is 32.2. The lowest BCUT2D eigenvalue weighted by Gasteiger charge is -2.36. The first-order valence-electron chi connectivity index (χ1n) is 10.8. The van der Waals surface area contributed by atoms with Crippen LogP contribution in [0, 0.1) is 5.82 Å². The third-order valence-electron chi connectivity index (χ3n) is 5.51. The molecule has 1 saturated heterocycles. The Morgan fingerprint density at radius 1 is 1.03 bits per heavy atom. The van der Waals surface area contributed by atoms with Gasteiger partial charge in [-0.3, -0.25) is 4.79 Å². The summed E-state index contributed by atoms with van der Waals surface area (Å²) in [7, 11) is -4.08. The molecule has 2 atom stereocenters. The third kappa shape index (κ3) is 5.45. The monoisotopic (exact) mass is 478 g/mol. The normalized spacial score (nSPS) is 20.7. The fourth-order valence-electron chi connectivity index (χ4n) is 3.98. The predicted octanol–water partition coefficient (Wildman–Crippen LogP) is 2.42. The molecule has 8 nitrogen and oxygen atoms in total. The molecule has 1 amide bonds. The second-order valence-electron chi connectivity index (χ2n) is 8.26. The van der Waals surface area contributed by atoms with Gasteiger partial charge in [-0.15, -0.1) is 0 Å². The topological polar surface area (TPSA) is 85.4 Å². The molecule has 2 aromatic rings. The molecular formula is C23H27FN2O6S. The summed E-state index contributed by atoms with van der Waals surface area (Å²) in [5.41, 5.74) is 0.564. The summed E-state index contributed by atoms with van der Waals surface area (Å²) >= 11 is 0. The maximum Gasteiger partial charge on any atom is 0.243 e. The zero-order chi connectivity index (χ0) is 23.6. The van der Waals surface area contributed by atoms with Gasteiger partial charge in [0, 0.05) is 25.7 Å². The number of nitrogens with zero attached hydrogens (tertiary/aromatic N) is 2. The molecular weight excluding hydrogens is 451 g/mol. The van der Waals surface area contributed by atoms with Gasteiger partial charge >= 0.3 is 0 Å². The Morgan fingerprint density at radius 2 is 1.67 bits per heavy atom. The van der Waals surface area contributed by atoms with Crippen molar-refractivity contribution in [1.82, 2.24) is 9.21 Å². The first-order chi connectivity index (χ1) is 15.7. The number of ether oxygens (including phenoxy) is 3. The molecule has 10 heteroatoms. The maximum atomic E-state index is 13.6. The minimum absolute atomic E-state index is 0.00891. The molecule has 1 fully saturated rings. The number of hydrogen-bond acceptors (Lipinski definition) is 6. The summed E-state index contributed by atoms with van der Waals surface area (Å²) in [5, 5.41) is 0. The molecule has 0 aliphatic carbocycles. The highest BCUT2D eigenvalue weighted by Gasteiger charge is 2.32. The van der Waals surface area contributed by atoms with Gasteiger partial charge in [-0.1, -0.05) is 12.1 Å². The van der Waals surface area contributed by atoms with E-state index in [9.17, 15) is 17.6 Å². The van der Waals surface area contributed by atoms with E-state index in [0.717, 1.165) is 4.31 Å². The van der Waals surface area contributed by atoms with Crippen molar-refractivity contribution < 1.29 is 31.8 Å². The summed E-state index contributed by atoms with van der Waals surface area (Å²) in [5.74, 6) is 0.0662. The molecule has 0 saturated carbocycles. The lowest BCUT2D eigenvalue weighted by Crippen LogP contribution is -2.51. The standard InChI is InChI=1S/C23H27FN2O6S/c1-16-12-25(13-17(2)32-16)23(27)15-26(14-18-3-5-19(24)6-4-18)33(28,29)20-7-8-21-22(11-20)31-10-9-30-21/h3-8,11,16-17H,9-10,12-15H2,1-2H3/t16-,17-/m1/s1. The van der Waals surface area contributed by atoms with Crippen LogP contribution in [0.15, 0.2) is 47.4 Å². The zero-order valence-corrected chi connectivity index (χ0v) is 19.4. The molecule has 178 valence electrons. The van der Waals surface area contributed by atoms with Crippen molar-refractivity contribution >= 4 is 15.9 Å². The maximum absolute atomic E-state index is 13.6. The molecule has 4 rings (SSSR count). The molecule has 2 heterocycles. The summed E-state index contributed by atoms with van der Waals surface area (Å²) in [6, 6.07) is 9.92. The fourth-order valence-corrected chi connectivity index (χ4v) is 5.38. The first-order valence-corrected chi connectivity index (χ1v) is 12.2. The van der Waals surface area contributed by atoms with Crippen LogP contribution in [-0.4, -0.2) is 68.6 Å². The Kier molecular flexibility index (Phi) is 6.87. The van der Waals surface area contributed by atoms with Gasteiger partial charge in [0.15, 0.2) is 11.5 Å². The number of halogens is 1. The van der Waals surface area contributed by atoms with Gasteiger partial charge in [-0.2, -0.15) is 4.31 Å². The average Bonchev–Trinajstić information content (AvgIpc) is 2.79. The Labute approximate surface area is 192 Å². The zero-order valence-electron chi connectivity index (χ0n) is 18.6. The lowest BCUT2D eigenvalue weighted by molar-refractivity contribution is -0.143. The lowest BCUT2D eigenvalue weighted by atomic mass is 10.2. The van der Waals surface area contributed by atoms with E-state index in [1.165, 1.54) is 36.4 Å². The average molecular weight is 479 g/mol. The summed E-state index contributed by atoms with van der Waals surface area (Å²) in [6.07, 6.45) is -0.282. The van der Waals surface area contributed by atoms with Gasteiger partial charge in [0.2, 0.25) is 15.9 Å². The Morgan fingerprint density at radius 3 is 2.33 bits per heavy atom. The van der Waals surface area contributed by atoms with Gasteiger partial charge in [0.1, 0.15) is 19.0 Å². The molecule has 2 aromatic carbocycles. The van der Waals surface area contributed by atoms with Gasteiger partial charge in [-0.05, 0) is 43.7 Å². The van der Waals surface area contributed by atoms with Crippen molar-refractivity contribution in [2.45, 2.75) is 37.5 Å². The van der Waals surface area contributed by atoms with Crippen molar-refractivity contribution in [3.63, 3.8) is 0 Å². The van der Waals surface area contributed by atoms with Crippen LogP contribution in [0.4, 0.5) is 4.39 Å². The van der Waals surface area contributed by atoms with Gasteiger partial charge < -0.3 is 19.1 Å². The Bertz CT molecular complexity index is 1100. The van der Waals surface area contributed by atoms with Gasteiger partial charge in [-0.25, -0.2) is 12.8 Å². The summed E-state index contributed by atoms with van der Waals surface area (Å²) in [4.78, 5) is 14.7. The molecule has 0 bridgehead atoms. The van der Waals surface area contributed by atoms with E-state index in [1.54, 1.807) is 11.0 Å². The van der Waals surface area contributed by atoms with Crippen LogP contribution in [0.5, 0.6) is 11.5 Å². The van der Waals surface area contributed by atoms with Gasteiger partial charge in [0.05, 0.1) is 23.6 Å². The van der Waals surface area contributed by atoms with Crippen molar-refractivity contribution in [2.24, 2.45) is 0 Å². The van der Waals surface area contributed by atoms with E-state index in [1.807, 2.05) is 13.8 Å². The molecule has 0 aromatic heterocycles. The summed E-state index contributed by atoms with van der Waals surface area (Å²) < 4.78 is 58.4. The minimum atomic E-state index is -4.08. The molecule has 0 radical (unpaired) electrons. The van der Waals surface area contributed by atoms with Crippen LogP contribution in [0.1, 0.15) is 19.4 Å². The van der Waals surface area contributed by atoms with Crippen LogP contribution < -0.4 is 9.47 Å². The van der Waals surface area contributed by atoms with Crippen molar-refractivity contribution in [3.8, 4) is 11.5 Å². The third-order valence-corrected chi connectivity index (χ3v) is 7.30. The first kappa shape index (κ1) is 23.5. The number of amides is 1. The molecule has 0 spiro atoms. The van der Waals surface area contributed by atoms with Crippen molar-refractivity contribution in [1.29, 1.82) is 0 Å². The number of carbonyl (C=O) groups excluding carboxylic acids is 1. The molecule has 33 heavy (non-hydrogen) atoms. The van der Waals surface area contributed by atoms with Gasteiger partial charge in [0.25, 0.3) is 0 Å². The number of morpholine rings is 1. The van der Waals surface area contributed by atoms with Crippen LogP contribution in [0.25, 0.3) is 0 Å². The van der Waals surface area contributed by atoms with Crippen molar-refractivity contribution in [3.05, 3.63) is 53.8 Å². The second kappa shape index (κ2) is 9.66. The van der Waals surface area contributed by atoms with Crippen molar-refractivity contribution in [2.75, 3.05) is 32.8 Å². The quantitative estimate of drug-likeness (QED) is 0.634. The molecule has 2 aliphatic heterocycles. The SMILES string of the molecule is C[C@@H]1CN(C(=O)CN(Cc2ccc(F)cc2)S(=O)(=O)c2ccc3c(c2)OCCO3)C[C@@H](C)O1. The number of fused-ring (bicyclic) bond motifs is 1. The molecule has 0 N–H and O–H groups in total. The number of rotatable bonds is 6. The second-order valence-corrected chi connectivity index (χ2v) is 10.2. The van der Waals surface area contributed by atoms with E-state index >= 15 is 0 Å². The molecule has 0 unspecified atom stereocenters.